The number of carbonyl (C=O) groups excluding carboxylic acids is 4. The zero-order chi connectivity index (χ0) is 24.7. The minimum absolute atomic E-state index is 0.142. The lowest BCUT2D eigenvalue weighted by Gasteiger charge is -2.20. The summed E-state index contributed by atoms with van der Waals surface area (Å²) in [6.07, 6.45) is 3.11. The molecule has 0 aliphatic heterocycles. The molecule has 178 valence electrons. The summed E-state index contributed by atoms with van der Waals surface area (Å²) in [6, 6.07) is 8.08. The van der Waals surface area contributed by atoms with E-state index in [2.05, 4.69) is 20.6 Å². The molecule has 0 saturated heterocycles. The molecular formula is C23H25N5O6. The Labute approximate surface area is 195 Å². The molecule has 34 heavy (non-hydrogen) atoms. The lowest BCUT2D eigenvalue weighted by molar-refractivity contribution is -0.144. The van der Waals surface area contributed by atoms with E-state index in [0.29, 0.717) is 11.4 Å². The fourth-order valence-electron chi connectivity index (χ4n) is 3.23. The van der Waals surface area contributed by atoms with E-state index in [9.17, 15) is 19.2 Å². The van der Waals surface area contributed by atoms with E-state index in [-0.39, 0.29) is 12.0 Å². The normalized spacial score (nSPS) is 12.4. The summed E-state index contributed by atoms with van der Waals surface area (Å²) in [5, 5.41) is 6.21. The van der Waals surface area contributed by atoms with Crippen molar-refractivity contribution >= 4 is 34.5 Å². The summed E-state index contributed by atoms with van der Waals surface area (Å²) in [5.74, 6) is -2.43. The minimum Gasteiger partial charge on any atom is -0.496 e. The van der Waals surface area contributed by atoms with E-state index in [4.69, 9.17) is 15.2 Å². The van der Waals surface area contributed by atoms with Gasteiger partial charge in [-0.15, -0.1) is 0 Å². The van der Waals surface area contributed by atoms with Crippen LogP contribution in [0.15, 0.2) is 48.9 Å². The number of esters is 1. The number of nitrogens with two attached hydrogens (primary N) is 1. The maximum absolute atomic E-state index is 12.8. The Morgan fingerprint density at radius 3 is 2.59 bits per heavy atom. The van der Waals surface area contributed by atoms with Gasteiger partial charge in [-0.1, -0.05) is 24.3 Å². The third-order valence-corrected chi connectivity index (χ3v) is 4.96. The number of aromatic nitrogens is 2. The summed E-state index contributed by atoms with van der Waals surface area (Å²) >= 11 is 0. The number of amides is 3. The van der Waals surface area contributed by atoms with Crippen LogP contribution in [-0.2, 0) is 25.5 Å². The van der Waals surface area contributed by atoms with E-state index < -0.39 is 42.4 Å². The Morgan fingerprint density at radius 1 is 1.15 bits per heavy atom. The molecule has 0 bridgehead atoms. The first kappa shape index (κ1) is 24.4. The first-order chi connectivity index (χ1) is 16.3. The summed E-state index contributed by atoms with van der Waals surface area (Å²) in [6.45, 7) is 0.686. The van der Waals surface area contributed by atoms with Crippen molar-refractivity contribution in [1.29, 1.82) is 0 Å². The number of ether oxygens (including phenoxy) is 2. The second-order valence-electron chi connectivity index (χ2n) is 7.47. The monoisotopic (exact) mass is 467 g/mol. The van der Waals surface area contributed by atoms with E-state index in [1.807, 2.05) is 18.2 Å². The fourth-order valence-corrected chi connectivity index (χ4v) is 3.23. The van der Waals surface area contributed by atoms with Crippen LogP contribution < -0.4 is 21.1 Å². The Kier molecular flexibility index (Phi) is 7.93. The van der Waals surface area contributed by atoms with Gasteiger partial charge in [0.15, 0.2) is 0 Å². The second-order valence-corrected chi connectivity index (χ2v) is 7.47. The average molecular weight is 467 g/mol. The quantitative estimate of drug-likeness (QED) is 0.329. The van der Waals surface area contributed by atoms with E-state index in [1.54, 1.807) is 12.1 Å². The van der Waals surface area contributed by atoms with Crippen molar-refractivity contribution in [1.82, 2.24) is 20.6 Å². The SMILES string of the molecule is COc1cc(C(=O)NC(=O)[C@@H](COC(C)=O)NC(=O)[C@H](N)Cc2cnc[nH]2)cc2ccccc12. The topological polar surface area (TPSA) is 165 Å². The predicted octanol–water partition coefficient (Wildman–Crippen LogP) is 0.446. The highest BCUT2D eigenvalue weighted by Crippen LogP contribution is 2.27. The molecule has 1 aromatic heterocycles. The molecule has 3 amide bonds. The summed E-state index contributed by atoms with van der Waals surface area (Å²) in [7, 11) is 1.48. The standard InChI is InChI=1S/C23H25N5O6/c1-13(29)34-11-19(27-22(31)18(24)9-16-10-25-12-26-16)23(32)28-21(30)15-7-14-5-3-4-6-17(14)20(8-15)33-2/h3-8,10,12,18-19H,9,11,24H2,1-2H3,(H,25,26)(H,27,31)(H,28,30,32)/t18-,19-/m1/s1. The zero-order valence-electron chi connectivity index (χ0n) is 18.7. The first-order valence-electron chi connectivity index (χ1n) is 10.4. The van der Waals surface area contributed by atoms with Crippen LogP contribution in [0.4, 0.5) is 0 Å². The van der Waals surface area contributed by atoms with Crippen LogP contribution in [0.5, 0.6) is 5.75 Å². The average Bonchev–Trinajstić information content (AvgIpc) is 3.33. The molecule has 0 radical (unpaired) electrons. The van der Waals surface area contributed by atoms with Gasteiger partial charge in [-0.3, -0.25) is 24.5 Å². The Morgan fingerprint density at radius 2 is 1.91 bits per heavy atom. The molecular weight excluding hydrogens is 442 g/mol. The number of methoxy groups -OCH3 is 1. The lowest BCUT2D eigenvalue weighted by atomic mass is 10.1. The smallest absolute Gasteiger partial charge is 0.302 e. The molecule has 2 aromatic carbocycles. The molecule has 0 aliphatic rings. The molecule has 1 heterocycles. The number of carbonyl (C=O) groups is 4. The molecule has 11 nitrogen and oxygen atoms in total. The molecule has 11 heteroatoms. The summed E-state index contributed by atoms with van der Waals surface area (Å²) in [5.41, 5.74) is 6.72. The van der Waals surface area contributed by atoms with Crippen molar-refractivity contribution in [3.8, 4) is 5.75 Å². The van der Waals surface area contributed by atoms with Crippen molar-refractivity contribution in [2.75, 3.05) is 13.7 Å². The van der Waals surface area contributed by atoms with Gasteiger partial charge in [-0.25, -0.2) is 4.98 Å². The maximum Gasteiger partial charge on any atom is 0.302 e. The molecule has 0 aliphatic carbocycles. The van der Waals surface area contributed by atoms with Gasteiger partial charge in [0, 0.05) is 36.2 Å². The highest BCUT2D eigenvalue weighted by Gasteiger charge is 2.27. The van der Waals surface area contributed by atoms with Gasteiger partial charge in [0.25, 0.3) is 11.8 Å². The Balaban J connectivity index is 1.73. The van der Waals surface area contributed by atoms with E-state index >= 15 is 0 Å². The summed E-state index contributed by atoms with van der Waals surface area (Å²) < 4.78 is 10.2. The van der Waals surface area contributed by atoms with Crippen molar-refractivity contribution < 1.29 is 28.7 Å². The second kappa shape index (κ2) is 11.1. The molecule has 0 spiro atoms. The number of hydrogen-bond acceptors (Lipinski definition) is 8. The third kappa shape index (κ3) is 6.17. The maximum atomic E-state index is 12.8. The number of aromatic amines is 1. The Bertz CT molecular complexity index is 1190. The van der Waals surface area contributed by atoms with E-state index in [0.717, 1.165) is 17.7 Å². The van der Waals surface area contributed by atoms with Gasteiger partial charge in [0.1, 0.15) is 18.4 Å². The van der Waals surface area contributed by atoms with Crippen molar-refractivity contribution in [3.05, 3.63) is 60.2 Å². The van der Waals surface area contributed by atoms with Crippen molar-refractivity contribution in [3.63, 3.8) is 0 Å². The highest BCUT2D eigenvalue weighted by atomic mass is 16.5. The highest BCUT2D eigenvalue weighted by molar-refractivity contribution is 6.09. The van der Waals surface area contributed by atoms with Crippen LogP contribution in [0.1, 0.15) is 23.0 Å². The molecule has 0 fully saturated rings. The van der Waals surface area contributed by atoms with Crippen LogP contribution >= 0.6 is 0 Å². The molecule has 3 rings (SSSR count). The third-order valence-electron chi connectivity index (χ3n) is 4.96. The Hall–Kier alpha value is -4.25. The number of rotatable bonds is 9. The van der Waals surface area contributed by atoms with Crippen LogP contribution in [0, 0.1) is 0 Å². The van der Waals surface area contributed by atoms with Gasteiger partial charge in [0.2, 0.25) is 5.91 Å². The first-order valence-corrected chi connectivity index (χ1v) is 10.4. The van der Waals surface area contributed by atoms with E-state index in [1.165, 1.54) is 25.7 Å². The molecule has 0 unspecified atom stereocenters. The largest absolute Gasteiger partial charge is 0.496 e. The van der Waals surface area contributed by atoms with Crippen molar-refractivity contribution in [2.24, 2.45) is 5.73 Å². The van der Waals surface area contributed by atoms with Gasteiger partial charge in [-0.05, 0) is 17.5 Å². The lowest BCUT2D eigenvalue weighted by Crippen LogP contribution is -2.55. The number of hydrogen-bond donors (Lipinski definition) is 4. The summed E-state index contributed by atoms with van der Waals surface area (Å²) in [4.78, 5) is 56.1. The number of fused-ring (bicyclic) bond motifs is 1. The molecule has 2 atom stereocenters. The minimum atomic E-state index is -1.34. The number of nitrogens with one attached hydrogen (secondary N) is 3. The predicted molar refractivity (Wildman–Crippen MR) is 122 cm³/mol. The van der Waals surface area contributed by atoms with Crippen molar-refractivity contribution in [2.45, 2.75) is 25.4 Å². The molecule has 5 N–H and O–H groups in total. The van der Waals surface area contributed by atoms with Crippen LogP contribution in [0.3, 0.4) is 0 Å². The number of imide groups is 1. The number of imidazole rings is 1. The fraction of sp³-hybridized carbons (Fsp3) is 0.261. The zero-order valence-corrected chi connectivity index (χ0v) is 18.7. The van der Waals surface area contributed by atoms with Crippen LogP contribution in [0.25, 0.3) is 10.8 Å². The van der Waals surface area contributed by atoms with Gasteiger partial charge in [-0.2, -0.15) is 0 Å². The van der Waals surface area contributed by atoms with Gasteiger partial charge >= 0.3 is 5.97 Å². The molecule has 0 saturated carbocycles. The number of nitrogens with zero attached hydrogens (tertiary/aromatic N) is 1. The van der Waals surface area contributed by atoms with Gasteiger partial charge < -0.3 is 25.5 Å². The van der Waals surface area contributed by atoms with Crippen LogP contribution in [0.2, 0.25) is 0 Å². The van der Waals surface area contributed by atoms with Gasteiger partial charge in [0.05, 0.1) is 19.5 Å². The number of H-pyrrole nitrogens is 1. The van der Waals surface area contributed by atoms with Crippen LogP contribution in [-0.4, -0.2) is 59.5 Å². The molecule has 3 aromatic rings. The number of benzene rings is 2.